The van der Waals surface area contributed by atoms with E-state index in [1.165, 1.54) is 19.3 Å². The Kier molecular flexibility index (Phi) is 4.17. The number of ether oxygens (including phenoxy) is 1. The molecule has 0 spiro atoms. The van der Waals surface area contributed by atoms with E-state index in [2.05, 4.69) is 32.5 Å². The molecule has 0 radical (unpaired) electrons. The summed E-state index contributed by atoms with van der Waals surface area (Å²) in [5, 5.41) is 6.46. The summed E-state index contributed by atoms with van der Waals surface area (Å²) < 4.78 is 5.09. The zero-order chi connectivity index (χ0) is 13.0. The Labute approximate surface area is 108 Å². The first-order chi connectivity index (χ1) is 8.72. The van der Waals surface area contributed by atoms with Gasteiger partial charge in [-0.25, -0.2) is 0 Å². The van der Waals surface area contributed by atoms with Crippen LogP contribution in [0.4, 0.5) is 11.9 Å². The molecule has 1 saturated carbocycles. The fraction of sp³-hybridized carbons (Fsp3) is 0.750. The van der Waals surface area contributed by atoms with Crippen molar-refractivity contribution in [3.63, 3.8) is 0 Å². The van der Waals surface area contributed by atoms with Gasteiger partial charge in [-0.15, -0.1) is 0 Å². The van der Waals surface area contributed by atoms with Crippen LogP contribution in [0, 0.1) is 5.92 Å². The summed E-state index contributed by atoms with van der Waals surface area (Å²) >= 11 is 0. The van der Waals surface area contributed by atoms with Crippen LogP contribution in [-0.4, -0.2) is 34.6 Å². The molecule has 0 amide bonds. The Hall–Kier alpha value is -1.59. The van der Waals surface area contributed by atoms with Crippen molar-refractivity contribution in [3.05, 3.63) is 0 Å². The predicted octanol–water partition coefficient (Wildman–Crippen LogP) is 1.91. The van der Waals surface area contributed by atoms with Crippen LogP contribution in [-0.2, 0) is 0 Å². The molecule has 1 aliphatic carbocycles. The molecule has 100 valence electrons. The predicted molar refractivity (Wildman–Crippen MR) is 71.0 cm³/mol. The lowest BCUT2D eigenvalue weighted by molar-refractivity contribution is 0.379. The van der Waals surface area contributed by atoms with E-state index in [0.29, 0.717) is 29.9 Å². The lowest BCUT2D eigenvalue weighted by Crippen LogP contribution is -2.23. The van der Waals surface area contributed by atoms with Crippen molar-refractivity contribution in [3.8, 4) is 6.01 Å². The smallest absolute Gasteiger partial charge is 0.322 e. The van der Waals surface area contributed by atoms with Gasteiger partial charge in [0.05, 0.1) is 7.11 Å². The largest absolute Gasteiger partial charge is 0.467 e. The van der Waals surface area contributed by atoms with E-state index >= 15 is 0 Å². The van der Waals surface area contributed by atoms with Crippen molar-refractivity contribution in [2.75, 3.05) is 24.3 Å². The SMILES string of the molecule is CCNc1nc(NC2CCCC2C)nc(OC)n1. The molecule has 2 N–H and O–H groups in total. The number of nitrogens with one attached hydrogen (secondary N) is 2. The van der Waals surface area contributed by atoms with Crippen LogP contribution in [0.25, 0.3) is 0 Å². The standard InChI is InChI=1S/C12H21N5O/c1-4-13-10-15-11(17-12(16-10)18-3)14-9-7-5-6-8(9)2/h8-9H,4-7H2,1-3H3,(H2,13,14,15,16,17). The van der Waals surface area contributed by atoms with Crippen LogP contribution in [0.2, 0.25) is 0 Å². The van der Waals surface area contributed by atoms with Crippen molar-refractivity contribution in [2.24, 2.45) is 5.92 Å². The maximum absolute atomic E-state index is 5.09. The zero-order valence-corrected chi connectivity index (χ0v) is 11.2. The van der Waals surface area contributed by atoms with Crippen LogP contribution in [0.3, 0.4) is 0 Å². The Morgan fingerprint density at radius 2 is 2.00 bits per heavy atom. The second-order valence-electron chi connectivity index (χ2n) is 4.66. The average molecular weight is 251 g/mol. The van der Waals surface area contributed by atoms with Gasteiger partial charge in [-0.1, -0.05) is 13.3 Å². The summed E-state index contributed by atoms with van der Waals surface area (Å²) in [7, 11) is 1.56. The molecule has 1 aliphatic rings. The van der Waals surface area contributed by atoms with Gasteiger partial charge < -0.3 is 15.4 Å². The summed E-state index contributed by atoms with van der Waals surface area (Å²) in [4.78, 5) is 12.7. The molecule has 0 bridgehead atoms. The molecule has 6 nitrogen and oxygen atoms in total. The normalized spacial score (nSPS) is 22.8. The quantitative estimate of drug-likeness (QED) is 0.833. The number of nitrogens with zero attached hydrogens (tertiary/aromatic N) is 3. The van der Waals surface area contributed by atoms with E-state index in [9.17, 15) is 0 Å². The van der Waals surface area contributed by atoms with Crippen LogP contribution in [0.5, 0.6) is 6.01 Å². The molecule has 2 rings (SSSR count). The fourth-order valence-corrected chi connectivity index (χ4v) is 2.28. The molecular weight excluding hydrogens is 230 g/mol. The summed E-state index contributed by atoms with van der Waals surface area (Å²) in [6.07, 6.45) is 3.70. The van der Waals surface area contributed by atoms with Gasteiger partial charge in [0.25, 0.3) is 0 Å². The van der Waals surface area contributed by atoms with Crippen molar-refractivity contribution < 1.29 is 4.74 Å². The first-order valence-corrected chi connectivity index (χ1v) is 6.53. The maximum atomic E-state index is 5.09. The first kappa shape index (κ1) is 12.9. The Bertz CT molecular complexity index is 398. The number of rotatable bonds is 5. The van der Waals surface area contributed by atoms with E-state index in [4.69, 9.17) is 4.74 Å². The summed E-state index contributed by atoms with van der Waals surface area (Å²) in [5.41, 5.74) is 0. The monoisotopic (exact) mass is 251 g/mol. The Morgan fingerprint density at radius 1 is 1.22 bits per heavy atom. The van der Waals surface area contributed by atoms with Crippen LogP contribution >= 0.6 is 0 Å². The minimum atomic E-state index is 0.342. The van der Waals surface area contributed by atoms with E-state index in [0.717, 1.165) is 6.54 Å². The number of methoxy groups -OCH3 is 1. The molecule has 1 heterocycles. The van der Waals surface area contributed by atoms with Gasteiger partial charge in [-0.3, -0.25) is 0 Å². The maximum Gasteiger partial charge on any atom is 0.322 e. The van der Waals surface area contributed by atoms with E-state index < -0.39 is 0 Å². The molecular formula is C12H21N5O. The lowest BCUT2D eigenvalue weighted by Gasteiger charge is -2.17. The number of hydrogen-bond donors (Lipinski definition) is 2. The second kappa shape index (κ2) is 5.84. The van der Waals surface area contributed by atoms with E-state index in [1.54, 1.807) is 7.11 Å². The fourth-order valence-electron chi connectivity index (χ4n) is 2.28. The number of anilines is 2. The van der Waals surface area contributed by atoms with Gasteiger partial charge in [0.2, 0.25) is 11.9 Å². The molecule has 6 heteroatoms. The van der Waals surface area contributed by atoms with Gasteiger partial charge in [0.1, 0.15) is 0 Å². The third-order valence-corrected chi connectivity index (χ3v) is 3.31. The molecule has 1 aromatic heterocycles. The first-order valence-electron chi connectivity index (χ1n) is 6.53. The molecule has 2 atom stereocenters. The van der Waals surface area contributed by atoms with E-state index in [-0.39, 0.29) is 0 Å². The van der Waals surface area contributed by atoms with Crippen molar-refractivity contribution in [1.82, 2.24) is 15.0 Å². The van der Waals surface area contributed by atoms with Gasteiger partial charge in [0, 0.05) is 12.6 Å². The highest BCUT2D eigenvalue weighted by Gasteiger charge is 2.24. The minimum Gasteiger partial charge on any atom is -0.467 e. The summed E-state index contributed by atoms with van der Waals surface area (Å²) in [5.74, 6) is 1.81. The lowest BCUT2D eigenvalue weighted by atomic mass is 10.1. The number of hydrogen-bond acceptors (Lipinski definition) is 6. The molecule has 0 aromatic carbocycles. The van der Waals surface area contributed by atoms with E-state index in [1.807, 2.05) is 6.92 Å². The highest BCUT2D eigenvalue weighted by molar-refractivity contribution is 5.36. The van der Waals surface area contributed by atoms with Crippen molar-refractivity contribution in [2.45, 2.75) is 39.2 Å². The molecule has 18 heavy (non-hydrogen) atoms. The minimum absolute atomic E-state index is 0.342. The molecule has 1 fully saturated rings. The third kappa shape index (κ3) is 3.00. The molecule has 0 aliphatic heterocycles. The van der Waals surface area contributed by atoms with Crippen molar-refractivity contribution in [1.29, 1.82) is 0 Å². The van der Waals surface area contributed by atoms with Crippen LogP contribution in [0.1, 0.15) is 33.1 Å². The van der Waals surface area contributed by atoms with Gasteiger partial charge in [0.15, 0.2) is 0 Å². The zero-order valence-electron chi connectivity index (χ0n) is 11.2. The van der Waals surface area contributed by atoms with Gasteiger partial charge in [-0.05, 0) is 25.7 Å². The van der Waals surface area contributed by atoms with Gasteiger partial charge in [-0.2, -0.15) is 15.0 Å². The topological polar surface area (TPSA) is 72.0 Å². The summed E-state index contributed by atoms with van der Waals surface area (Å²) in [6.45, 7) is 5.03. The molecule has 0 saturated heterocycles. The average Bonchev–Trinajstić information content (AvgIpc) is 2.75. The van der Waals surface area contributed by atoms with Crippen molar-refractivity contribution >= 4 is 11.9 Å². The van der Waals surface area contributed by atoms with Crippen LogP contribution < -0.4 is 15.4 Å². The highest BCUT2D eigenvalue weighted by atomic mass is 16.5. The number of aromatic nitrogens is 3. The molecule has 2 unspecified atom stereocenters. The van der Waals surface area contributed by atoms with Gasteiger partial charge >= 0.3 is 6.01 Å². The summed E-state index contributed by atoms with van der Waals surface area (Å²) in [6, 6.07) is 0.792. The third-order valence-electron chi connectivity index (χ3n) is 3.31. The van der Waals surface area contributed by atoms with Crippen LogP contribution in [0.15, 0.2) is 0 Å². The Balaban J connectivity index is 2.12. The molecule has 1 aromatic rings. The Morgan fingerprint density at radius 3 is 2.61 bits per heavy atom. The second-order valence-corrected chi connectivity index (χ2v) is 4.66. The highest BCUT2D eigenvalue weighted by Crippen LogP contribution is 2.27.